The van der Waals surface area contributed by atoms with Gasteiger partial charge in [-0.25, -0.2) is 28.5 Å². The summed E-state index contributed by atoms with van der Waals surface area (Å²) < 4.78 is 44.8. The van der Waals surface area contributed by atoms with Crippen LogP contribution in [0.15, 0.2) is 85.3 Å². The van der Waals surface area contributed by atoms with Crippen molar-refractivity contribution >= 4 is 17.0 Å². The van der Waals surface area contributed by atoms with Gasteiger partial charge in [-0.1, -0.05) is 12.1 Å². The Hall–Kier alpha value is -6.09. The fraction of sp³-hybridized carbons (Fsp3) is 0.147. The predicted molar refractivity (Wildman–Crippen MR) is 163 cm³/mol. The van der Waals surface area contributed by atoms with E-state index >= 15 is 4.39 Å². The molecule has 0 unspecified atom stereocenters. The number of aryl methyl sites for hydroxylation is 1. The number of halogens is 2. The van der Waals surface area contributed by atoms with Gasteiger partial charge in [0.25, 0.3) is 0 Å². The van der Waals surface area contributed by atoms with E-state index in [0.717, 1.165) is 11.8 Å². The molecule has 0 aliphatic rings. The van der Waals surface area contributed by atoms with E-state index in [4.69, 9.17) is 19.7 Å². The van der Waals surface area contributed by atoms with Crippen molar-refractivity contribution in [3.8, 4) is 23.4 Å². The average Bonchev–Trinajstić information content (AvgIpc) is 3.65. The number of carboxylic acid groups (broad SMARTS) is 1. The van der Waals surface area contributed by atoms with Crippen molar-refractivity contribution < 1.29 is 28.2 Å². The molecule has 0 spiro atoms. The summed E-state index contributed by atoms with van der Waals surface area (Å²) in [6, 6.07) is 20.0. The Morgan fingerprint density at radius 2 is 1.89 bits per heavy atom. The Balaban J connectivity index is 1.21. The lowest BCUT2D eigenvalue weighted by molar-refractivity contribution is 0.0697. The van der Waals surface area contributed by atoms with Crippen LogP contribution in [-0.2, 0) is 26.1 Å². The van der Waals surface area contributed by atoms with Gasteiger partial charge in [-0.2, -0.15) is 5.26 Å². The standard InChI is InChI=1S/C34H26F2N6O4/c1-2-41-20-38-17-25(41)18-42-30-13-23(34(43)44)8-10-29(30)40-32(42)14-22-7-9-26(15-27(22)35)46-33-5-3-4-24(39-33)19-45-31-11-6-21(16-37)12-28(31)36/h3-13,15,17,20H,2,14,18-19H2,1H3,(H,43,44). The van der Waals surface area contributed by atoms with E-state index in [1.165, 1.54) is 24.3 Å². The molecule has 10 nitrogen and oxygen atoms in total. The SMILES string of the molecule is CCn1cncc1Cn1c(Cc2ccc(Oc3cccc(COc4ccc(C#N)cc4F)n3)cc2F)nc2ccc(C(=O)O)cc21. The van der Waals surface area contributed by atoms with E-state index in [9.17, 15) is 14.3 Å². The maximum absolute atomic E-state index is 15.5. The molecule has 3 heterocycles. The zero-order chi connectivity index (χ0) is 32.2. The van der Waals surface area contributed by atoms with E-state index in [1.54, 1.807) is 55.0 Å². The molecule has 1 N–H and O–H groups in total. The quantitative estimate of drug-likeness (QED) is 0.174. The molecule has 46 heavy (non-hydrogen) atoms. The van der Waals surface area contributed by atoms with Crippen LogP contribution in [0, 0.1) is 23.0 Å². The van der Waals surface area contributed by atoms with E-state index < -0.39 is 17.6 Å². The molecule has 0 radical (unpaired) electrons. The van der Waals surface area contributed by atoms with Crippen molar-refractivity contribution in [3.05, 3.63) is 131 Å². The molecule has 0 saturated carbocycles. The molecule has 0 aliphatic heterocycles. The normalized spacial score (nSPS) is 11.0. The summed E-state index contributed by atoms with van der Waals surface area (Å²) in [7, 11) is 0. The van der Waals surface area contributed by atoms with Crippen molar-refractivity contribution in [1.82, 2.24) is 24.1 Å². The van der Waals surface area contributed by atoms with Gasteiger partial charge in [-0.3, -0.25) is 0 Å². The summed E-state index contributed by atoms with van der Waals surface area (Å²) >= 11 is 0. The molecule has 0 aliphatic carbocycles. The molecule has 12 heteroatoms. The number of carboxylic acids is 1. The first-order valence-corrected chi connectivity index (χ1v) is 14.3. The van der Waals surface area contributed by atoms with E-state index in [1.807, 2.05) is 22.1 Å². The average molecular weight is 621 g/mol. The lowest BCUT2D eigenvalue weighted by atomic mass is 10.1. The lowest BCUT2D eigenvalue weighted by Gasteiger charge is -2.12. The minimum atomic E-state index is -1.05. The van der Waals surface area contributed by atoms with Crippen molar-refractivity contribution in [3.63, 3.8) is 0 Å². The Bertz CT molecular complexity index is 2120. The van der Waals surface area contributed by atoms with Crippen LogP contribution in [0.3, 0.4) is 0 Å². The number of nitrogens with zero attached hydrogens (tertiary/aromatic N) is 6. The first-order valence-electron chi connectivity index (χ1n) is 14.3. The highest BCUT2D eigenvalue weighted by atomic mass is 19.1. The number of pyridine rings is 1. The van der Waals surface area contributed by atoms with Crippen LogP contribution in [0.1, 0.15) is 45.6 Å². The van der Waals surface area contributed by atoms with Crippen LogP contribution in [0.4, 0.5) is 8.78 Å². The van der Waals surface area contributed by atoms with Gasteiger partial charge < -0.3 is 23.7 Å². The number of imidazole rings is 2. The van der Waals surface area contributed by atoms with Gasteiger partial charge in [0.05, 0.1) is 52.5 Å². The highest BCUT2D eigenvalue weighted by Gasteiger charge is 2.18. The van der Waals surface area contributed by atoms with Crippen LogP contribution in [0.25, 0.3) is 11.0 Å². The van der Waals surface area contributed by atoms with Crippen LogP contribution < -0.4 is 9.47 Å². The summed E-state index contributed by atoms with van der Waals surface area (Å²) in [5.74, 6) is -1.27. The van der Waals surface area contributed by atoms with Gasteiger partial charge in [0.1, 0.15) is 24.0 Å². The Morgan fingerprint density at radius 3 is 2.65 bits per heavy atom. The Morgan fingerprint density at radius 1 is 1.02 bits per heavy atom. The third-order valence-corrected chi connectivity index (χ3v) is 7.35. The third kappa shape index (κ3) is 6.39. The molecular weight excluding hydrogens is 594 g/mol. The fourth-order valence-electron chi connectivity index (χ4n) is 5.00. The zero-order valence-electron chi connectivity index (χ0n) is 24.5. The molecule has 230 valence electrons. The molecule has 6 rings (SSSR count). The number of rotatable bonds is 11. The molecule has 0 amide bonds. The highest BCUT2D eigenvalue weighted by Crippen LogP contribution is 2.27. The number of aromatic carboxylic acids is 1. The summed E-state index contributed by atoms with van der Waals surface area (Å²) in [6.07, 6.45) is 3.61. The third-order valence-electron chi connectivity index (χ3n) is 7.35. The van der Waals surface area contributed by atoms with Crippen molar-refractivity contribution in [2.24, 2.45) is 0 Å². The monoisotopic (exact) mass is 620 g/mol. The number of aromatic nitrogens is 5. The molecule has 3 aromatic heterocycles. The first-order chi connectivity index (χ1) is 22.3. The summed E-state index contributed by atoms with van der Waals surface area (Å²) in [5, 5.41) is 18.5. The maximum atomic E-state index is 15.5. The van der Waals surface area contributed by atoms with Crippen molar-refractivity contribution in [2.45, 2.75) is 33.0 Å². The number of carbonyl (C=O) groups is 1. The molecule has 3 aromatic carbocycles. The molecule has 0 bridgehead atoms. The highest BCUT2D eigenvalue weighted by molar-refractivity contribution is 5.92. The van der Waals surface area contributed by atoms with Crippen LogP contribution in [0.2, 0.25) is 0 Å². The fourth-order valence-corrected chi connectivity index (χ4v) is 5.00. The maximum Gasteiger partial charge on any atom is 0.335 e. The van der Waals surface area contributed by atoms with Crippen LogP contribution in [-0.4, -0.2) is 35.2 Å². The zero-order valence-corrected chi connectivity index (χ0v) is 24.5. The number of benzene rings is 3. The molecule has 6 aromatic rings. The second kappa shape index (κ2) is 12.9. The summed E-state index contributed by atoms with van der Waals surface area (Å²) in [6.45, 7) is 3.02. The van der Waals surface area contributed by atoms with E-state index in [2.05, 4.69) is 9.97 Å². The molecule has 0 saturated heterocycles. The smallest absolute Gasteiger partial charge is 0.335 e. The van der Waals surface area contributed by atoms with Gasteiger partial charge >= 0.3 is 5.97 Å². The number of fused-ring (bicyclic) bond motifs is 1. The van der Waals surface area contributed by atoms with Crippen molar-refractivity contribution in [1.29, 1.82) is 5.26 Å². The Labute approximate surface area is 261 Å². The second-order valence-electron chi connectivity index (χ2n) is 10.3. The summed E-state index contributed by atoms with van der Waals surface area (Å²) in [4.78, 5) is 25.0. The minimum absolute atomic E-state index is 0.0170. The molecule has 0 fully saturated rings. The number of nitriles is 1. The van der Waals surface area contributed by atoms with Gasteiger partial charge in [-0.05, 0) is 61.0 Å². The number of ether oxygens (including phenoxy) is 2. The van der Waals surface area contributed by atoms with Crippen molar-refractivity contribution in [2.75, 3.05) is 0 Å². The lowest BCUT2D eigenvalue weighted by Crippen LogP contribution is -2.10. The predicted octanol–water partition coefficient (Wildman–Crippen LogP) is 6.51. The van der Waals surface area contributed by atoms with Gasteiger partial charge in [0, 0.05) is 31.3 Å². The topological polar surface area (TPSA) is 128 Å². The van der Waals surface area contributed by atoms with Gasteiger partial charge in [0.2, 0.25) is 5.88 Å². The molecule has 0 atom stereocenters. The van der Waals surface area contributed by atoms with Crippen LogP contribution in [0.5, 0.6) is 17.4 Å². The minimum Gasteiger partial charge on any atom is -0.484 e. The number of hydrogen-bond acceptors (Lipinski definition) is 7. The molecular formula is C34H26F2N6O4. The Kier molecular flexibility index (Phi) is 8.38. The number of hydrogen-bond donors (Lipinski definition) is 1. The largest absolute Gasteiger partial charge is 0.484 e. The van der Waals surface area contributed by atoms with Gasteiger partial charge in [-0.15, -0.1) is 0 Å². The second-order valence-corrected chi connectivity index (χ2v) is 10.3. The summed E-state index contributed by atoms with van der Waals surface area (Å²) in [5.41, 5.74) is 3.25. The first kappa shape index (κ1) is 30.0. The van der Waals surface area contributed by atoms with E-state index in [-0.39, 0.29) is 41.5 Å². The van der Waals surface area contributed by atoms with Crippen LogP contribution >= 0.6 is 0 Å². The van der Waals surface area contributed by atoms with Gasteiger partial charge in [0.15, 0.2) is 11.6 Å². The van der Waals surface area contributed by atoms with E-state index in [0.29, 0.717) is 41.2 Å².